The van der Waals surface area contributed by atoms with Gasteiger partial charge in [0.25, 0.3) is 0 Å². The number of aryl methyl sites for hydroxylation is 2. The molecule has 1 aromatic heterocycles. The van der Waals surface area contributed by atoms with Gasteiger partial charge in [0.1, 0.15) is 5.75 Å². The third kappa shape index (κ3) is 3.64. The van der Waals surface area contributed by atoms with Crippen molar-refractivity contribution in [2.24, 2.45) is 7.05 Å². The Labute approximate surface area is 127 Å². The number of anilines is 1. The lowest BCUT2D eigenvalue weighted by Crippen LogP contribution is -2.05. The molecule has 0 spiro atoms. The summed E-state index contributed by atoms with van der Waals surface area (Å²) < 4.78 is 19.8. The third-order valence-corrected chi connectivity index (χ3v) is 4.61. The first-order valence-corrected chi connectivity index (χ1v) is 8.29. The summed E-state index contributed by atoms with van der Waals surface area (Å²) in [5.74, 6) is 1.08. The van der Waals surface area contributed by atoms with E-state index in [9.17, 15) is 4.21 Å². The van der Waals surface area contributed by atoms with E-state index in [1.165, 1.54) is 0 Å². The quantitative estimate of drug-likeness (QED) is 0.831. The summed E-state index contributed by atoms with van der Waals surface area (Å²) in [6, 6.07) is 7.27. The fourth-order valence-electron chi connectivity index (χ4n) is 2.06. The first-order chi connectivity index (χ1) is 10.0. The Bertz CT molecular complexity index is 652. The van der Waals surface area contributed by atoms with Crippen molar-refractivity contribution >= 4 is 16.5 Å². The summed E-state index contributed by atoms with van der Waals surface area (Å²) in [4.78, 5) is 0.611. The predicted molar refractivity (Wildman–Crippen MR) is 84.7 cm³/mol. The van der Waals surface area contributed by atoms with E-state index in [1.54, 1.807) is 22.9 Å². The van der Waals surface area contributed by atoms with E-state index in [1.807, 2.05) is 27.0 Å². The molecule has 0 fully saturated rings. The predicted octanol–water partition coefficient (Wildman–Crippen LogP) is 2.27. The molecule has 2 rings (SSSR count). The molecule has 6 heteroatoms. The van der Waals surface area contributed by atoms with E-state index >= 15 is 0 Å². The fourth-order valence-corrected chi connectivity index (χ4v) is 3.33. The maximum atomic E-state index is 12.6. The monoisotopic (exact) mass is 307 g/mol. The number of nitrogen functional groups attached to an aromatic ring is 1. The molecule has 1 heterocycles. The number of aromatic nitrogens is 2. The van der Waals surface area contributed by atoms with Gasteiger partial charge >= 0.3 is 0 Å². The van der Waals surface area contributed by atoms with Gasteiger partial charge in [0.15, 0.2) is 0 Å². The molecule has 0 aliphatic rings. The molecule has 21 heavy (non-hydrogen) atoms. The van der Waals surface area contributed by atoms with Gasteiger partial charge in [-0.2, -0.15) is 5.10 Å². The van der Waals surface area contributed by atoms with Crippen molar-refractivity contribution < 1.29 is 8.95 Å². The molecule has 0 amide bonds. The smallest absolute Gasteiger partial charge is 0.120 e. The molecule has 0 radical (unpaired) electrons. The molecule has 114 valence electrons. The lowest BCUT2D eigenvalue weighted by atomic mass is 10.3. The Morgan fingerprint density at radius 3 is 2.71 bits per heavy atom. The van der Waals surface area contributed by atoms with Gasteiger partial charge in [-0.15, -0.1) is 0 Å². The summed E-state index contributed by atoms with van der Waals surface area (Å²) in [7, 11) is 0.642. The molecule has 0 saturated carbocycles. The summed E-state index contributed by atoms with van der Waals surface area (Å²) >= 11 is 0. The third-order valence-electron chi connectivity index (χ3n) is 3.21. The number of hydrogen-bond acceptors (Lipinski definition) is 4. The normalized spacial score (nSPS) is 12.3. The highest BCUT2D eigenvalue weighted by molar-refractivity contribution is 7.84. The van der Waals surface area contributed by atoms with Crippen molar-refractivity contribution in [2.45, 2.75) is 30.9 Å². The van der Waals surface area contributed by atoms with E-state index in [0.717, 1.165) is 17.8 Å². The number of nitrogens with zero attached hydrogens (tertiary/aromatic N) is 2. The minimum absolute atomic E-state index is 0.392. The summed E-state index contributed by atoms with van der Waals surface area (Å²) in [6.45, 7) is 4.53. The first-order valence-electron chi connectivity index (χ1n) is 6.97. The van der Waals surface area contributed by atoms with E-state index < -0.39 is 10.8 Å². The second-order valence-electron chi connectivity index (χ2n) is 4.73. The van der Waals surface area contributed by atoms with Gasteiger partial charge in [0.05, 0.1) is 39.4 Å². The van der Waals surface area contributed by atoms with Crippen molar-refractivity contribution in [1.82, 2.24) is 9.78 Å². The minimum atomic E-state index is -1.22. The lowest BCUT2D eigenvalue weighted by molar-refractivity contribution is 0.339. The molecule has 5 nitrogen and oxygen atoms in total. The lowest BCUT2D eigenvalue weighted by Gasteiger charge is -2.09. The van der Waals surface area contributed by atoms with E-state index in [0.29, 0.717) is 28.7 Å². The highest BCUT2D eigenvalue weighted by atomic mass is 32.2. The maximum Gasteiger partial charge on any atom is 0.120 e. The van der Waals surface area contributed by atoms with Crippen LogP contribution < -0.4 is 10.5 Å². The molecule has 2 N–H and O–H groups in total. The molecule has 1 atom stereocenters. The summed E-state index contributed by atoms with van der Waals surface area (Å²) in [5, 5.41) is 4.37. The second-order valence-corrected chi connectivity index (χ2v) is 6.15. The van der Waals surface area contributed by atoms with Crippen LogP contribution in [0.3, 0.4) is 0 Å². The van der Waals surface area contributed by atoms with Crippen LogP contribution in [0.25, 0.3) is 0 Å². The standard InChI is InChI=1S/C15H21N3O2S/c1-4-11-8-12(18(3)17-11)10-21(19)15-9-13(20-5-2)6-7-14(15)16/h6-9H,4-5,10,16H2,1-3H3. The van der Waals surface area contributed by atoms with Crippen molar-refractivity contribution in [3.8, 4) is 5.75 Å². The number of benzene rings is 1. The molecule has 0 saturated heterocycles. The SMILES string of the molecule is CCOc1ccc(N)c(S(=O)Cc2cc(CC)nn2C)c1. The molecular formula is C15H21N3O2S. The first kappa shape index (κ1) is 15.6. The number of hydrogen-bond donors (Lipinski definition) is 1. The van der Waals surface area contributed by atoms with Crippen LogP contribution in [-0.2, 0) is 30.0 Å². The van der Waals surface area contributed by atoms with Crippen molar-refractivity contribution in [2.75, 3.05) is 12.3 Å². The topological polar surface area (TPSA) is 70.1 Å². The number of rotatable bonds is 6. The van der Waals surface area contributed by atoms with Crippen LogP contribution in [0.5, 0.6) is 5.75 Å². The Hall–Kier alpha value is -1.82. The Morgan fingerprint density at radius 1 is 1.33 bits per heavy atom. The van der Waals surface area contributed by atoms with Gasteiger partial charge in [-0.05, 0) is 37.6 Å². The molecule has 2 aromatic rings. The van der Waals surface area contributed by atoms with Gasteiger partial charge in [-0.1, -0.05) is 6.92 Å². The van der Waals surface area contributed by atoms with Crippen LogP contribution in [0.1, 0.15) is 25.2 Å². The van der Waals surface area contributed by atoms with Crippen LogP contribution >= 0.6 is 0 Å². The van der Waals surface area contributed by atoms with Crippen LogP contribution in [0, 0.1) is 0 Å². The van der Waals surface area contributed by atoms with Crippen molar-refractivity contribution in [3.05, 3.63) is 35.7 Å². The van der Waals surface area contributed by atoms with E-state index in [2.05, 4.69) is 5.10 Å². The zero-order valence-electron chi connectivity index (χ0n) is 12.6. The highest BCUT2D eigenvalue weighted by Crippen LogP contribution is 2.24. The molecule has 0 bridgehead atoms. The van der Waals surface area contributed by atoms with Crippen LogP contribution in [0.4, 0.5) is 5.69 Å². The Kier molecular flexibility index (Phi) is 5.01. The second kappa shape index (κ2) is 6.76. The minimum Gasteiger partial charge on any atom is -0.494 e. The van der Waals surface area contributed by atoms with Crippen LogP contribution in [0.15, 0.2) is 29.2 Å². The van der Waals surface area contributed by atoms with Gasteiger partial charge in [0, 0.05) is 12.7 Å². The van der Waals surface area contributed by atoms with E-state index in [4.69, 9.17) is 10.5 Å². The highest BCUT2D eigenvalue weighted by Gasteiger charge is 2.13. The van der Waals surface area contributed by atoms with Crippen LogP contribution in [0.2, 0.25) is 0 Å². The number of nitrogens with two attached hydrogens (primary N) is 1. The molecule has 1 aromatic carbocycles. The molecule has 0 aliphatic carbocycles. The van der Waals surface area contributed by atoms with Gasteiger partial charge in [-0.25, -0.2) is 0 Å². The van der Waals surface area contributed by atoms with Crippen LogP contribution in [-0.4, -0.2) is 20.6 Å². The number of ether oxygens (including phenoxy) is 1. The Balaban J connectivity index is 2.23. The van der Waals surface area contributed by atoms with Gasteiger partial charge in [-0.3, -0.25) is 8.89 Å². The molecular weight excluding hydrogens is 286 g/mol. The largest absolute Gasteiger partial charge is 0.494 e. The zero-order chi connectivity index (χ0) is 15.4. The average molecular weight is 307 g/mol. The fraction of sp³-hybridized carbons (Fsp3) is 0.400. The summed E-state index contributed by atoms with van der Waals surface area (Å²) in [6.07, 6.45) is 0.864. The van der Waals surface area contributed by atoms with Crippen molar-refractivity contribution in [1.29, 1.82) is 0 Å². The van der Waals surface area contributed by atoms with E-state index in [-0.39, 0.29) is 0 Å². The van der Waals surface area contributed by atoms with Crippen molar-refractivity contribution in [3.63, 3.8) is 0 Å². The van der Waals surface area contributed by atoms with Gasteiger partial charge in [0.2, 0.25) is 0 Å². The van der Waals surface area contributed by atoms with Gasteiger partial charge < -0.3 is 10.5 Å². The summed E-state index contributed by atoms with van der Waals surface area (Å²) in [5.41, 5.74) is 8.40. The average Bonchev–Trinajstić information content (AvgIpc) is 2.81. The Morgan fingerprint density at radius 2 is 2.10 bits per heavy atom. The zero-order valence-corrected chi connectivity index (χ0v) is 13.4. The maximum absolute atomic E-state index is 12.6. The molecule has 0 aliphatic heterocycles. The molecule has 1 unspecified atom stereocenters.